The Hall–Kier alpha value is -6.00. The molecule has 1 unspecified atom stereocenters. The summed E-state index contributed by atoms with van der Waals surface area (Å²) in [5.74, 6) is 3.05. The number of allylic oxidation sites excluding steroid dienone is 4. The summed E-state index contributed by atoms with van der Waals surface area (Å²) in [6, 6.07) is 40.0. The Morgan fingerprint density at radius 1 is 0.673 bits per heavy atom. The first-order chi connectivity index (χ1) is 24.1. The fourth-order valence-electron chi connectivity index (χ4n) is 8.12. The molecule has 0 amide bonds. The molecule has 1 aliphatic carbocycles. The summed E-state index contributed by atoms with van der Waals surface area (Å²) in [5, 5.41) is 18.5. The first kappa shape index (κ1) is 28.1. The van der Waals surface area contributed by atoms with Gasteiger partial charge in [0.25, 0.3) is 0 Å². The number of rotatable bonds is 5. The van der Waals surface area contributed by atoms with Crippen molar-refractivity contribution >= 4 is 48.9 Å². The van der Waals surface area contributed by atoms with Crippen molar-refractivity contribution in [2.45, 2.75) is 25.4 Å². The van der Waals surface area contributed by atoms with Gasteiger partial charge in [0.2, 0.25) is 0 Å². The lowest BCUT2D eigenvalue weighted by Gasteiger charge is -2.24. The summed E-state index contributed by atoms with van der Waals surface area (Å²) in [6.07, 6.45) is 6.84. The molecule has 2 heterocycles. The van der Waals surface area contributed by atoms with Gasteiger partial charge in [-0.3, -0.25) is 0 Å². The van der Waals surface area contributed by atoms with Crippen LogP contribution in [-0.2, 0) is 11.2 Å². The highest BCUT2D eigenvalue weighted by atomic mass is 16.5. The largest absolute Gasteiger partial charge is 0.508 e. The van der Waals surface area contributed by atoms with Gasteiger partial charge in [0.15, 0.2) is 0 Å². The van der Waals surface area contributed by atoms with Crippen LogP contribution in [0.3, 0.4) is 0 Å². The Morgan fingerprint density at radius 2 is 1.41 bits per heavy atom. The molecule has 1 N–H and O–H groups in total. The number of para-hydroxylation sites is 2. The van der Waals surface area contributed by atoms with Crippen LogP contribution in [0.4, 0.5) is 0 Å². The predicted octanol–water partition coefficient (Wildman–Crippen LogP) is 11.8. The lowest BCUT2D eigenvalue weighted by atomic mass is 9.81. The van der Waals surface area contributed by atoms with Crippen LogP contribution in [0.1, 0.15) is 35.6 Å². The van der Waals surface area contributed by atoms with Crippen LogP contribution >= 0.6 is 0 Å². The molecule has 0 spiro atoms. The average molecular weight is 637 g/mol. The number of aromatic hydroxyl groups is 1. The number of furan rings is 1. The molecule has 8 aromatic rings. The second-order valence-electron chi connectivity index (χ2n) is 13.2. The van der Waals surface area contributed by atoms with Crippen LogP contribution < -0.4 is 4.74 Å². The van der Waals surface area contributed by atoms with Crippen molar-refractivity contribution in [3.63, 3.8) is 0 Å². The molecule has 0 saturated carbocycles. The lowest BCUT2D eigenvalue weighted by Crippen LogP contribution is -2.07. The van der Waals surface area contributed by atoms with Crippen LogP contribution in [0.5, 0.6) is 11.5 Å². The van der Waals surface area contributed by atoms with Crippen molar-refractivity contribution in [3.8, 4) is 33.9 Å². The number of hydrogen-bond acceptors (Lipinski definition) is 4. The van der Waals surface area contributed by atoms with Crippen LogP contribution in [0, 0.1) is 0 Å². The first-order valence-corrected chi connectivity index (χ1v) is 16.9. The average Bonchev–Trinajstić information content (AvgIpc) is 3.79. The molecule has 0 fully saturated rings. The molecule has 1 aromatic heterocycles. The molecule has 0 saturated heterocycles. The molecule has 1 aliphatic heterocycles. The SMILES string of the molecule is COC1=CC=C(c2cc(C3Cc4ccccc4O3)c3ccc4c(-c5ccc(O)cc5)cc(-c5cc6ccccc6o5)c5ccc2c3c45)CC1. The second-order valence-corrected chi connectivity index (χ2v) is 13.2. The maximum atomic E-state index is 10.2. The highest BCUT2D eigenvalue weighted by Gasteiger charge is 2.29. The van der Waals surface area contributed by atoms with Gasteiger partial charge in [-0.2, -0.15) is 0 Å². The number of phenols is 1. The van der Waals surface area contributed by atoms with Gasteiger partial charge in [0.1, 0.15) is 28.9 Å². The van der Waals surface area contributed by atoms with Gasteiger partial charge < -0.3 is 19.0 Å². The second kappa shape index (κ2) is 10.8. The number of ether oxygens (including phenoxy) is 2. The fraction of sp³-hybridized carbons (Fsp3) is 0.111. The number of benzene rings is 7. The molecular weight excluding hydrogens is 604 g/mol. The van der Waals surface area contributed by atoms with Crippen molar-refractivity contribution < 1.29 is 19.0 Å². The Balaban J connectivity index is 1.32. The highest BCUT2D eigenvalue weighted by molar-refractivity contribution is 6.29. The van der Waals surface area contributed by atoms with E-state index in [-0.39, 0.29) is 11.9 Å². The smallest absolute Gasteiger partial charge is 0.136 e. The number of phenolic OH excluding ortho intramolecular Hbond substituents is 1. The monoisotopic (exact) mass is 636 g/mol. The van der Waals surface area contributed by atoms with Crippen LogP contribution in [0.2, 0.25) is 0 Å². The van der Waals surface area contributed by atoms with Gasteiger partial charge in [0, 0.05) is 29.4 Å². The van der Waals surface area contributed by atoms with E-state index in [1.165, 1.54) is 43.8 Å². The van der Waals surface area contributed by atoms with Crippen LogP contribution in [0.15, 0.2) is 138 Å². The maximum Gasteiger partial charge on any atom is 0.136 e. The molecular formula is C45H32O4. The van der Waals surface area contributed by atoms with E-state index >= 15 is 0 Å². The van der Waals surface area contributed by atoms with E-state index in [9.17, 15) is 5.11 Å². The third kappa shape index (κ3) is 4.37. The maximum absolute atomic E-state index is 10.2. The summed E-state index contributed by atoms with van der Waals surface area (Å²) < 4.78 is 18.9. The number of methoxy groups -OCH3 is 1. The van der Waals surface area contributed by atoms with Gasteiger partial charge in [-0.25, -0.2) is 0 Å². The normalized spacial score (nSPS) is 15.9. The summed E-state index contributed by atoms with van der Waals surface area (Å²) in [7, 11) is 1.75. The molecule has 49 heavy (non-hydrogen) atoms. The van der Waals surface area contributed by atoms with Crippen molar-refractivity contribution in [3.05, 3.63) is 150 Å². The Labute approximate surface area is 283 Å². The van der Waals surface area contributed by atoms with Crippen molar-refractivity contribution in [1.29, 1.82) is 0 Å². The summed E-state index contributed by atoms with van der Waals surface area (Å²) in [4.78, 5) is 0. The predicted molar refractivity (Wildman–Crippen MR) is 198 cm³/mol. The van der Waals surface area contributed by atoms with E-state index in [0.29, 0.717) is 0 Å². The van der Waals surface area contributed by atoms with E-state index in [1.807, 2.05) is 36.4 Å². The molecule has 0 radical (unpaired) electrons. The molecule has 236 valence electrons. The zero-order chi connectivity index (χ0) is 32.6. The molecule has 4 nitrogen and oxygen atoms in total. The summed E-state index contributed by atoms with van der Waals surface area (Å²) in [6.45, 7) is 0. The standard InChI is InChI=1S/C45H32O4/c1-47-31-16-12-27(13-17-31)37-25-39(43-23-29-7-3-5-9-41(29)49-43)35-20-18-32-36(26-10-14-30(46)15-11-26)24-38(34-21-19-33(37)45(35)44(32)34)42-22-28-6-2-4-8-40(28)48-42/h2-12,14-16,18-22,24-25,43,46H,13,17,23H2,1H3. The molecule has 7 aromatic carbocycles. The molecule has 10 rings (SSSR count). The zero-order valence-corrected chi connectivity index (χ0v) is 27.0. The molecule has 2 aliphatic rings. The third-order valence-electron chi connectivity index (χ3n) is 10.5. The third-order valence-corrected chi connectivity index (χ3v) is 10.5. The Morgan fingerprint density at radius 3 is 2.18 bits per heavy atom. The minimum absolute atomic E-state index is 0.0959. The van der Waals surface area contributed by atoms with Gasteiger partial charge >= 0.3 is 0 Å². The summed E-state index contributed by atoms with van der Waals surface area (Å²) >= 11 is 0. The van der Waals surface area contributed by atoms with E-state index in [2.05, 4.69) is 78.9 Å². The first-order valence-electron chi connectivity index (χ1n) is 16.9. The highest BCUT2D eigenvalue weighted by Crippen LogP contribution is 2.49. The zero-order valence-electron chi connectivity index (χ0n) is 27.0. The number of hydrogen-bond donors (Lipinski definition) is 1. The topological polar surface area (TPSA) is 51.8 Å². The molecule has 0 bridgehead atoms. The Bertz CT molecular complexity index is 2600. The van der Waals surface area contributed by atoms with Crippen LogP contribution in [-0.4, -0.2) is 12.2 Å². The van der Waals surface area contributed by atoms with Gasteiger partial charge in [-0.15, -0.1) is 0 Å². The Kier molecular flexibility index (Phi) is 6.16. The number of fused-ring (bicyclic) bond motifs is 2. The van der Waals surface area contributed by atoms with Crippen molar-refractivity contribution in [2.24, 2.45) is 0 Å². The van der Waals surface area contributed by atoms with Crippen LogP contribution in [0.25, 0.3) is 71.3 Å². The van der Waals surface area contributed by atoms with Gasteiger partial charge in [-0.1, -0.05) is 78.9 Å². The molecule has 4 heteroatoms. The lowest BCUT2D eigenvalue weighted by molar-refractivity contribution is 0.240. The summed E-state index contributed by atoms with van der Waals surface area (Å²) in [5.41, 5.74) is 9.03. The van der Waals surface area contributed by atoms with E-state index < -0.39 is 0 Å². The van der Waals surface area contributed by atoms with E-state index in [0.717, 1.165) is 75.0 Å². The van der Waals surface area contributed by atoms with Crippen molar-refractivity contribution in [2.75, 3.05) is 7.11 Å². The van der Waals surface area contributed by atoms with Gasteiger partial charge in [0.05, 0.1) is 12.9 Å². The van der Waals surface area contributed by atoms with E-state index in [4.69, 9.17) is 13.9 Å². The fourth-order valence-corrected chi connectivity index (χ4v) is 8.12. The minimum Gasteiger partial charge on any atom is -0.508 e. The quantitative estimate of drug-likeness (QED) is 0.191. The molecule has 1 atom stereocenters. The van der Waals surface area contributed by atoms with E-state index in [1.54, 1.807) is 19.2 Å². The minimum atomic E-state index is -0.0959. The van der Waals surface area contributed by atoms with Gasteiger partial charge in [-0.05, 0) is 115 Å². The van der Waals surface area contributed by atoms with Crippen molar-refractivity contribution in [1.82, 2.24) is 0 Å².